The number of carbonyl (C=O) groups is 2. The molecule has 3 aromatic heterocycles. The van der Waals surface area contributed by atoms with Crippen molar-refractivity contribution in [3.63, 3.8) is 0 Å². The van der Waals surface area contributed by atoms with Gasteiger partial charge in [-0.25, -0.2) is 4.68 Å². The van der Waals surface area contributed by atoms with Crippen LogP contribution in [-0.2, 0) is 12.8 Å². The van der Waals surface area contributed by atoms with E-state index in [2.05, 4.69) is 31.7 Å². The Morgan fingerprint density at radius 1 is 1.29 bits per heavy atom. The topological polar surface area (TPSA) is 102 Å². The van der Waals surface area contributed by atoms with Crippen molar-refractivity contribution in [1.29, 1.82) is 0 Å². The summed E-state index contributed by atoms with van der Waals surface area (Å²) in [5, 5.41) is 11.9. The number of fused-ring (bicyclic) bond motifs is 2. The molecule has 5 rings (SSSR count). The first kappa shape index (κ1) is 23.4. The minimum atomic E-state index is -4.56. The van der Waals surface area contributed by atoms with Crippen LogP contribution in [0.1, 0.15) is 67.5 Å². The van der Waals surface area contributed by atoms with Crippen molar-refractivity contribution in [3.05, 3.63) is 48.6 Å². The lowest BCUT2D eigenvalue weighted by molar-refractivity contribution is -0.173. The first-order chi connectivity index (χ1) is 16.1. The molecule has 3 aromatic rings. The van der Waals surface area contributed by atoms with Crippen LogP contribution in [0.4, 0.5) is 24.0 Å². The molecule has 0 bridgehead atoms. The molecule has 2 aliphatic rings. The number of alkyl halides is 3. The number of anilines is 2. The molecule has 7 nitrogen and oxygen atoms in total. The predicted octanol–water partition coefficient (Wildman–Crippen LogP) is 5.66. The molecule has 180 valence electrons. The summed E-state index contributed by atoms with van der Waals surface area (Å²) < 4.78 is 42.8. The number of aryl methyl sites for hydroxylation is 1. The average molecular weight is 574 g/mol. The number of amides is 2. The van der Waals surface area contributed by atoms with Gasteiger partial charge in [-0.15, -0.1) is 22.7 Å². The molecule has 2 atom stereocenters. The minimum absolute atomic E-state index is 0.0812. The van der Waals surface area contributed by atoms with Crippen molar-refractivity contribution < 1.29 is 22.8 Å². The highest BCUT2D eigenvalue weighted by molar-refractivity contribution is 9.10. The number of primary amides is 1. The number of nitrogens with one attached hydrogen (secondary N) is 2. The molecule has 4 N–H and O–H groups in total. The second-order valence-corrected chi connectivity index (χ2v) is 11.1. The molecule has 1 aliphatic carbocycles. The smallest absolute Gasteiger partial charge is 0.365 e. The van der Waals surface area contributed by atoms with E-state index in [1.165, 1.54) is 22.7 Å². The number of hydrogen-bond donors (Lipinski definition) is 3. The van der Waals surface area contributed by atoms with Crippen LogP contribution >= 0.6 is 38.6 Å². The van der Waals surface area contributed by atoms with E-state index in [9.17, 15) is 22.8 Å². The lowest BCUT2D eigenvalue weighted by Crippen LogP contribution is -2.35. The Morgan fingerprint density at radius 2 is 2.06 bits per heavy atom. The SMILES string of the molecule is NC(=O)c1c(NC(=O)c2nn3c(c2Br)N[C@H](c2cccs2)C[C@H]3C(F)(F)F)sc2c1CCCC2. The minimum Gasteiger partial charge on any atom is -0.365 e. The molecule has 34 heavy (non-hydrogen) atoms. The van der Waals surface area contributed by atoms with Gasteiger partial charge in [0.15, 0.2) is 11.7 Å². The van der Waals surface area contributed by atoms with Gasteiger partial charge in [0.2, 0.25) is 0 Å². The van der Waals surface area contributed by atoms with Crippen LogP contribution in [0.25, 0.3) is 0 Å². The molecule has 0 aromatic carbocycles. The molecule has 0 saturated carbocycles. The van der Waals surface area contributed by atoms with Crippen molar-refractivity contribution in [2.45, 2.75) is 50.4 Å². The highest BCUT2D eigenvalue weighted by Crippen LogP contribution is 2.47. The maximum atomic E-state index is 13.9. The summed E-state index contributed by atoms with van der Waals surface area (Å²) in [7, 11) is 0. The highest BCUT2D eigenvalue weighted by atomic mass is 79.9. The first-order valence-electron chi connectivity index (χ1n) is 10.6. The highest BCUT2D eigenvalue weighted by Gasteiger charge is 2.48. The molecule has 0 radical (unpaired) electrons. The van der Waals surface area contributed by atoms with Gasteiger partial charge >= 0.3 is 6.18 Å². The van der Waals surface area contributed by atoms with Crippen LogP contribution in [0.2, 0.25) is 0 Å². The van der Waals surface area contributed by atoms with Crippen LogP contribution in [0, 0.1) is 0 Å². The lowest BCUT2D eigenvalue weighted by atomic mass is 9.95. The standard InChI is InChI=1S/C21H19BrF3N5O2S2/c22-15-16(19(32)28-20-14(17(26)31)9-4-1-2-5-11(9)34-20)29-30-13(21(23,24)25)8-10(27-18(15)30)12-6-3-7-33-12/h3,6-7,10,13,27H,1-2,4-5,8H2,(H2,26,31)(H,28,32)/t10-,13-/m0/s1. The van der Waals surface area contributed by atoms with Gasteiger partial charge in [0, 0.05) is 16.2 Å². The van der Waals surface area contributed by atoms with Gasteiger partial charge in [-0.05, 0) is 58.6 Å². The van der Waals surface area contributed by atoms with Crippen molar-refractivity contribution in [1.82, 2.24) is 9.78 Å². The second kappa shape index (κ2) is 8.68. The van der Waals surface area contributed by atoms with E-state index >= 15 is 0 Å². The molecular weight excluding hydrogens is 555 g/mol. The molecule has 2 amide bonds. The van der Waals surface area contributed by atoms with Crippen molar-refractivity contribution in [2.75, 3.05) is 10.6 Å². The summed E-state index contributed by atoms with van der Waals surface area (Å²) in [6.45, 7) is 0. The van der Waals surface area contributed by atoms with Crippen LogP contribution < -0.4 is 16.4 Å². The van der Waals surface area contributed by atoms with Gasteiger partial charge in [-0.1, -0.05) is 6.07 Å². The Morgan fingerprint density at radius 3 is 2.74 bits per heavy atom. The molecule has 0 saturated heterocycles. The Kier molecular flexibility index (Phi) is 5.97. The third-order valence-corrected chi connectivity index (χ3v) is 8.99. The fourth-order valence-electron chi connectivity index (χ4n) is 4.49. The molecule has 0 unspecified atom stereocenters. The Labute approximate surface area is 208 Å². The predicted molar refractivity (Wildman–Crippen MR) is 128 cm³/mol. The Bertz CT molecular complexity index is 1270. The van der Waals surface area contributed by atoms with Gasteiger partial charge in [-0.3, -0.25) is 9.59 Å². The Hall–Kier alpha value is -2.38. The van der Waals surface area contributed by atoms with Gasteiger partial charge in [0.05, 0.1) is 16.1 Å². The second-order valence-electron chi connectivity index (χ2n) is 8.19. The zero-order chi connectivity index (χ0) is 24.2. The van der Waals surface area contributed by atoms with E-state index in [-0.39, 0.29) is 28.0 Å². The van der Waals surface area contributed by atoms with Gasteiger partial charge in [-0.2, -0.15) is 18.3 Å². The van der Waals surface area contributed by atoms with E-state index < -0.39 is 30.1 Å². The molecular formula is C21H19BrF3N5O2S2. The summed E-state index contributed by atoms with van der Waals surface area (Å²) in [4.78, 5) is 27.0. The van der Waals surface area contributed by atoms with Crippen LogP contribution in [0.15, 0.2) is 22.0 Å². The van der Waals surface area contributed by atoms with Crippen molar-refractivity contribution in [2.24, 2.45) is 5.73 Å². The number of thiophene rings is 2. The summed E-state index contributed by atoms with van der Waals surface area (Å²) >= 11 is 5.92. The molecule has 0 spiro atoms. The van der Waals surface area contributed by atoms with E-state index in [0.29, 0.717) is 11.4 Å². The zero-order valence-corrected chi connectivity index (χ0v) is 20.8. The number of nitrogens with zero attached hydrogens (tertiary/aromatic N) is 2. The molecule has 13 heteroatoms. The molecule has 0 fully saturated rings. The zero-order valence-electron chi connectivity index (χ0n) is 17.5. The number of rotatable bonds is 4. The number of halogens is 4. The summed E-state index contributed by atoms with van der Waals surface area (Å²) in [6.07, 6.45) is -1.42. The summed E-state index contributed by atoms with van der Waals surface area (Å²) in [5.41, 5.74) is 6.51. The molecule has 4 heterocycles. The number of aromatic nitrogens is 2. The van der Waals surface area contributed by atoms with Gasteiger partial charge in [0.1, 0.15) is 10.8 Å². The van der Waals surface area contributed by atoms with Crippen LogP contribution in [0.5, 0.6) is 0 Å². The summed E-state index contributed by atoms with van der Waals surface area (Å²) in [6, 6.07) is 1.08. The molecule has 1 aliphatic heterocycles. The van der Waals surface area contributed by atoms with E-state index in [0.717, 1.165) is 39.3 Å². The van der Waals surface area contributed by atoms with E-state index in [1.54, 1.807) is 17.5 Å². The van der Waals surface area contributed by atoms with Crippen LogP contribution in [0.3, 0.4) is 0 Å². The van der Waals surface area contributed by atoms with E-state index in [4.69, 9.17) is 5.73 Å². The van der Waals surface area contributed by atoms with Crippen molar-refractivity contribution in [3.8, 4) is 0 Å². The van der Waals surface area contributed by atoms with Gasteiger partial charge < -0.3 is 16.4 Å². The number of hydrogen-bond acceptors (Lipinski definition) is 6. The monoisotopic (exact) mass is 573 g/mol. The number of carbonyl (C=O) groups excluding carboxylic acids is 2. The third-order valence-electron chi connectivity index (χ3n) is 6.04. The quantitative estimate of drug-likeness (QED) is 0.375. The van der Waals surface area contributed by atoms with Crippen molar-refractivity contribution >= 4 is 61.2 Å². The Balaban J connectivity index is 1.50. The average Bonchev–Trinajstić information content (AvgIpc) is 3.50. The largest absolute Gasteiger partial charge is 0.410 e. The first-order valence-corrected chi connectivity index (χ1v) is 13.0. The fraction of sp³-hybridized carbons (Fsp3) is 0.381. The van der Waals surface area contributed by atoms with Crippen LogP contribution in [-0.4, -0.2) is 27.8 Å². The maximum absolute atomic E-state index is 13.9. The maximum Gasteiger partial charge on any atom is 0.410 e. The fourth-order valence-corrected chi connectivity index (χ4v) is 7.12. The van der Waals surface area contributed by atoms with E-state index in [1.807, 2.05) is 0 Å². The normalized spacial score (nSPS) is 19.8. The summed E-state index contributed by atoms with van der Waals surface area (Å²) in [5.74, 6) is -1.28. The van der Waals surface area contributed by atoms with Gasteiger partial charge in [0.25, 0.3) is 11.8 Å². The lowest BCUT2D eigenvalue weighted by Gasteiger charge is -2.33. The third kappa shape index (κ3) is 4.03. The number of nitrogens with two attached hydrogens (primary N) is 1.